The van der Waals surface area contributed by atoms with Gasteiger partial charge in [-0.1, -0.05) is 0 Å². The molecule has 0 aromatic rings. The smallest absolute Gasteiger partial charge is 0.254 e. The number of hydrogen-bond acceptors (Lipinski definition) is 2. The molecule has 1 aliphatic rings. The molecular weight excluding hydrogens is 178 g/mol. The topological polar surface area (TPSA) is 32.3 Å². The van der Waals surface area contributed by atoms with Gasteiger partial charge in [-0.3, -0.25) is 4.79 Å². The number of carbonyl (C=O) groups is 1. The van der Waals surface area contributed by atoms with Crippen LogP contribution in [0.25, 0.3) is 0 Å². The van der Waals surface area contributed by atoms with Crippen LogP contribution in [0, 0.1) is 0 Å². The van der Waals surface area contributed by atoms with Crippen molar-refractivity contribution in [2.45, 2.75) is 19.3 Å². The maximum atomic E-state index is 12.5. The normalized spacial score (nSPS) is 18.8. The summed E-state index contributed by atoms with van der Waals surface area (Å²) in [7, 11) is 0. The van der Waals surface area contributed by atoms with Crippen LogP contribution in [0.1, 0.15) is 13.3 Å². The van der Waals surface area contributed by atoms with Crippen molar-refractivity contribution in [2.75, 3.05) is 26.2 Å². The van der Waals surface area contributed by atoms with E-state index in [1.54, 1.807) is 0 Å². The van der Waals surface area contributed by atoms with E-state index in [1.807, 2.05) is 0 Å². The first-order valence-corrected chi connectivity index (χ1v) is 4.35. The Bertz CT molecular complexity index is 185. The van der Waals surface area contributed by atoms with Crippen LogP contribution in [0.2, 0.25) is 0 Å². The average Bonchev–Trinajstić information content (AvgIpc) is 2.03. The van der Waals surface area contributed by atoms with E-state index >= 15 is 0 Å². The van der Waals surface area contributed by atoms with Crippen molar-refractivity contribution in [2.24, 2.45) is 0 Å². The Labute approximate surface area is 76.1 Å². The fourth-order valence-electron chi connectivity index (χ4n) is 1.29. The zero-order valence-corrected chi connectivity index (χ0v) is 7.65. The molecule has 1 N–H and O–H groups in total. The molecule has 0 saturated carbocycles. The summed E-state index contributed by atoms with van der Waals surface area (Å²) in [4.78, 5) is 12.7. The van der Waals surface area contributed by atoms with Crippen LogP contribution >= 0.6 is 0 Å². The summed E-state index contributed by atoms with van der Waals surface area (Å²) < 4.78 is 24.9. The second kappa shape index (κ2) is 4.00. The maximum Gasteiger partial charge on any atom is 0.254 e. The van der Waals surface area contributed by atoms with E-state index in [-0.39, 0.29) is 0 Å². The van der Waals surface area contributed by atoms with E-state index in [9.17, 15) is 13.6 Å². The summed E-state index contributed by atoms with van der Waals surface area (Å²) in [6.07, 6.45) is -0.674. The van der Waals surface area contributed by atoms with Crippen molar-refractivity contribution in [3.05, 3.63) is 0 Å². The number of hydrogen-bond donors (Lipinski definition) is 1. The van der Waals surface area contributed by atoms with Crippen molar-refractivity contribution in [3.63, 3.8) is 0 Å². The minimum absolute atomic E-state index is 0.450. The first kappa shape index (κ1) is 10.4. The van der Waals surface area contributed by atoms with Gasteiger partial charge in [0.15, 0.2) is 0 Å². The third kappa shape index (κ3) is 3.67. The highest BCUT2D eigenvalue weighted by Crippen LogP contribution is 2.17. The van der Waals surface area contributed by atoms with Crippen LogP contribution in [0.3, 0.4) is 0 Å². The van der Waals surface area contributed by atoms with Crippen molar-refractivity contribution in [3.8, 4) is 0 Å². The third-order valence-electron chi connectivity index (χ3n) is 1.93. The van der Waals surface area contributed by atoms with E-state index in [0.29, 0.717) is 26.2 Å². The Morgan fingerprint density at radius 1 is 1.46 bits per heavy atom. The van der Waals surface area contributed by atoms with Gasteiger partial charge in [0.1, 0.15) is 0 Å². The standard InChI is InChI=1S/C8H14F2N2O/c1-8(9,10)6-7(13)12-4-2-11-3-5-12/h11H,2-6H2,1H3. The zero-order chi connectivity index (χ0) is 9.90. The van der Waals surface area contributed by atoms with Crippen LogP contribution < -0.4 is 5.32 Å². The second-order valence-electron chi connectivity index (χ2n) is 3.38. The van der Waals surface area contributed by atoms with Crippen molar-refractivity contribution in [1.82, 2.24) is 10.2 Å². The molecule has 1 heterocycles. The SMILES string of the molecule is CC(F)(F)CC(=O)N1CCNCC1. The molecule has 1 aliphatic heterocycles. The average molecular weight is 192 g/mol. The number of alkyl halides is 2. The van der Waals surface area contributed by atoms with E-state index in [1.165, 1.54) is 4.90 Å². The molecule has 0 spiro atoms. The van der Waals surface area contributed by atoms with Crippen LogP contribution in [-0.2, 0) is 4.79 Å². The molecule has 1 rings (SSSR count). The highest BCUT2D eigenvalue weighted by Gasteiger charge is 2.28. The lowest BCUT2D eigenvalue weighted by Gasteiger charge is -2.28. The molecule has 13 heavy (non-hydrogen) atoms. The molecule has 0 radical (unpaired) electrons. The van der Waals surface area contributed by atoms with Crippen LogP contribution in [0.4, 0.5) is 8.78 Å². The molecule has 0 atom stereocenters. The Kier molecular flexibility index (Phi) is 3.19. The molecule has 5 heteroatoms. The lowest BCUT2D eigenvalue weighted by molar-refractivity contribution is -0.138. The van der Waals surface area contributed by atoms with Crippen LogP contribution in [-0.4, -0.2) is 42.9 Å². The van der Waals surface area contributed by atoms with Crippen molar-refractivity contribution < 1.29 is 13.6 Å². The summed E-state index contributed by atoms with van der Waals surface area (Å²) in [5.74, 6) is -3.34. The molecule has 3 nitrogen and oxygen atoms in total. The minimum atomic E-state index is -2.89. The lowest BCUT2D eigenvalue weighted by Crippen LogP contribution is -2.47. The van der Waals surface area contributed by atoms with E-state index in [4.69, 9.17) is 0 Å². The fraction of sp³-hybridized carbons (Fsp3) is 0.875. The number of nitrogens with one attached hydrogen (secondary N) is 1. The molecule has 1 amide bonds. The van der Waals surface area contributed by atoms with Gasteiger partial charge in [0.25, 0.3) is 5.92 Å². The molecular formula is C8H14F2N2O. The number of nitrogens with zero attached hydrogens (tertiary/aromatic N) is 1. The quantitative estimate of drug-likeness (QED) is 0.689. The molecule has 0 aromatic carbocycles. The summed E-state index contributed by atoms with van der Waals surface area (Å²) in [5.41, 5.74) is 0. The molecule has 0 unspecified atom stereocenters. The van der Waals surface area contributed by atoms with Gasteiger partial charge in [-0.05, 0) is 6.92 Å². The zero-order valence-electron chi connectivity index (χ0n) is 7.65. The van der Waals surface area contributed by atoms with Crippen LogP contribution in [0.5, 0.6) is 0 Å². The summed E-state index contributed by atoms with van der Waals surface area (Å²) in [5, 5.41) is 3.05. The van der Waals surface area contributed by atoms with E-state index in [2.05, 4.69) is 5.32 Å². The van der Waals surface area contributed by atoms with Gasteiger partial charge >= 0.3 is 0 Å². The Morgan fingerprint density at radius 2 is 2.00 bits per heavy atom. The molecule has 1 saturated heterocycles. The monoisotopic (exact) mass is 192 g/mol. The van der Waals surface area contributed by atoms with Gasteiger partial charge in [-0.15, -0.1) is 0 Å². The van der Waals surface area contributed by atoms with Gasteiger partial charge in [0, 0.05) is 26.2 Å². The van der Waals surface area contributed by atoms with Crippen molar-refractivity contribution in [1.29, 1.82) is 0 Å². The number of piperazine rings is 1. The molecule has 76 valence electrons. The van der Waals surface area contributed by atoms with Gasteiger partial charge in [0.2, 0.25) is 5.91 Å². The third-order valence-corrected chi connectivity index (χ3v) is 1.93. The predicted molar refractivity (Wildman–Crippen MR) is 44.7 cm³/mol. The van der Waals surface area contributed by atoms with Gasteiger partial charge in [0.05, 0.1) is 6.42 Å². The highest BCUT2D eigenvalue weighted by atomic mass is 19.3. The number of rotatable bonds is 2. The number of carbonyl (C=O) groups excluding carboxylic acids is 1. The second-order valence-corrected chi connectivity index (χ2v) is 3.38. The van der Waals surface area contributed by atoms with Gasteiger partial charge in [-0.2, -0.15) is 0 Å². The maximum absolute atomic E-state index is 12.5. The van der Waals surface area contributed by atoms with Crippen LogP contribution in [0.15, 0.2) is 0 Å². The molecule has 0 aliphatic carbocycles. The summed E-state index contributed by atoms with van der Waals surface area (Å²) in [6, 6.07) is 0. The molecule has 1 fully saturated rings. The highest BCUT2D eigenvalue weighted by molar-refractivity contribution is 5.77. The largest absolute Gasteiger partial charge is 0.340 e. The number of amides is 1. The first-order chi connectivity index (χ1) is 5.99. The minimum Gasteiger partial charge on any atom is -0.340 e. The number of halogens is 2. The van der Waals surface area contributed by atoms with E-state index in [0.717, 1.165) is 6.92 Å². The summed E-state index contributed by atoms with van der Waals surface area (Å²) in [6.45, 7) is 3.24. The predicted octanol–water partition coefficient (Wildman–Crippen LogP) is 0.464. The molecule has 0 bridgehead atoms. The van der Waals surface area contributed by atoms with Gasteiger partial charge < -0.3 is 10.2 Å². The van der Waals surface area contributed by atoms with Crippen molar-refractivity contribution >= 4 is 5.91 Å². The fourth-order valence-corrected chi connectivity index (χ4v) is 1.29. The van der Waals surface area contributed by atoms with Gasteiger partial charge in [-0.25, -0.2) is 8.78 Å². The first-order valence-electron chi connectivity index (χ1n) is 4.35. The Hall–Kier alpha value is -0.710. The summed E-state index contributed by atoms with van der Waals surface area (Å²) >= 11 is 0. The lowest BCUT2D eigenvalue weighted by atomic mass is 10.2. The van der Waals surface area contributed by atoms with E-state index < -0.39 is 18.3 Å². The Balaban J connectivity index is 2.38. The molecule has 0 aromatic heterocycles. The Morgan fingerprint density at radius 3 is 2.46 bits per heavy atom.